The molecule has 2 N–H and O–H groups in total. The van der Waals surface area contributed by atoms with Crippen LogP contribution in [0.5, 0.6) is 5.75 Å². The number of anilines is 2. The summed E-state index contributed by atoms with van der Waals surface area (Å²) in [4.78, 5) is 2.05. The highest BCUT2D eigenvalue weighted by Gasteiger charge is 2.13. The van der Waals surface area contributed by atoms with Gasteiger partial charge < -0.3 is 20.1 Å². The highest BCUT2D eigenvalue weighted by atomic mass is 16.5. The van der Waals surface area contributed by atoms with Gasteiger partial charge in [0.05, 0.1) is 36.6 Å². The van der Waals surface area contributed by atoms with Gasteiger partial charge >= 0.3 is 0 Å². The van der Waals surface area contributed by atoms with Gasteiger partial charge in [0, 0.05) is 20.2 Å². The van der Waals surface area contributed by atoms with Crippen LogP contribution in [-0.4, -0.2) is 32.9 Å². The van der Waals surface area contributed by atoms with Gasteiger partial charge in [-0.3, -0.25) is 0 Å². The number of rotatable bonds is 8. The molecule has 5 heteroatoms. The molecule has 0 aliphatic heterocycles. The summed E-state index contributed by atoms with van der Waals surface area (Å²) in [5, 5.41) is 8.77. The van der Waals surface area contributed by atoms with Gasteiger partial charge in [-0.15, -0.1) is 0 Å². The van der Waals surface area contributed by atoms with Crippen LogP contribution in [0.3, 0.4) is 0 Å². The fourth-order valence-corrected chi connectivity index (χ4v) is 1.90. The molecule has 0 bridgehead atoms. The molecule has 1 aromatic carbocycles. The second-order valence-electron chi connectivity index (χ2n) is 4.74. The van der Waals surface area contributed by atoms with Gasteiger partial charge in [-0.2, -0.15) is 5.26 Å². The number of nitriles is 1. The number of nitrogen functional groups attached to an aromatic ring is 1. The summed E-state index contributed by atoms with van der Waals surface area (Å²) in [6.07, 6.45) is 0.511. The van der Waals surface area contributed by atoms with Crippen LogP contribution in [0.15, 0.2) is 18.2 Å². The van der Waals surface area contributed by atoms with Crippen LogP contribution in [0.2, 0.25) is 0 Å². The van der Waals surface area contributed by atoms with Gasteiger partial charge in [0.15, 0.2) is 0 Å². The molecule has 0 saturated carbocycles. The maximum absolute atomic E-state index is 8.77. The third kappa shape index (κ3) is 4.63. The first-order valence-corrected chi connectivity index (χ1v) is 6.76. The number of benzene rings is 1. The molecule has 0 fully saturated rings. The predicted octanol–water partition coefficient (Wildman–Crippen LogP) is 2.42. The van der Waals surface area contributed by atoms with E-state index in [9.17, 15) is 0 Å². The van der Waals surface area contributed by atoms with E-state index >= 15 is 0 Å². The Bertz CT molecular complexity index is 455. The minimum Gasteiger partial charge on any atom is -0.489 e. The molecule has 0 amide bonds. The molecule has 0 atom stereocenters. The second kappa shape index (κ2) is 8.28. The molecule has 0 heterocycles. The van der Waals surface area contributed by atoms with Gasteiger partial charge in [0.25, 0.3) is 0 Å². The Morgan fingerprint density at radius 1 is 1.35 bits per heavy atom. The summed E-state index contributed by atoms with van der Waals surface area (Å²) in [5.41, 5.74) is 7.68. The van der Waals surface area contributed by atoms with Crippen molar-refractivity contribution in [2.45, 2.75) is 26.4 Å². The van der Waals surface area contributed by atoms with Crippen molar-refractivity contribution < 1.29 is 9.47 Å². The van der Waals surface area contributed by atoms with E-state index in [-0.39, 0.29) is 6.10 Å². The molecule has 0 aliphatic carbocycles. The monoisotopic (exact) mass is 277 g/mol. The molecule has 5 nitrogen and oxygen atoms in total. The van der Waals surface area contributed by atoms with E-state index in [1.54, 1.807) is 7.11 Å². The third-order valence-corrected chi connectivity index (χ3v) is 2.81. The van der Waals surface area contributed by atoms with Gasteiger partial charge in [-0.1, -0.05) is 6.07 Å². The van der Waals surface area contributed by atoms with E-state index in [1.165, 1.54) is 0 Å². The van der Waals surface area contributed by atoms with E-state index in [4.69, 9.17) is 20.5 Å². The largest absolute Gasteiger partial charge is 0.489 e. The van der Waals surface area contributed by atoms with E-state index in [2.05, 4.69) is 11.0 Å². The molecule has 110 valence electrons. The molecule has 0 aromatic heterocycles. The highest BCUT2D eigenvalue weighted by Crippen LogP contribution is 2.32. The molecule has 0 radical (unpaired) electrons. The Balaban J connectivity index is 2.96. The summed E-state index contributed by atoms with van der Waals surface area (Å²) in [6, 6.07) is 7.87. The normalized spacial score (nSPS) is 10.3. The highest BCUT2D eigenvalue weighted by molar-refractivity contribution is 5.74. The SMILES string of the molecule is COCCN(CCC#N)c1cccc(OC(C)C)c1N. The quantitative estimate of drug-likeness (QED) is 0.739. The lowest BCUT2D eigenvalue weighted by Crippen LogP contribution is -2.29. The zero-order valence-electron chi connectivity index (χ0n) is 12.4. The van der Waals surface area contributed by atoms with Gasteiger partial charge in [0.1, 0.15) is 5.75 Å². The standard InChI is InChI=1S/C15H23N3O2/c1-12(2)20-14-7-4-6-13(15(14)17)18(9-5-8-16)10-11-19-3/h4,6-7,12H,5,9-11,17H2,1-3H3. The molecule has 1 rings (SSSR count). The van der Waals surface area contributed by atoms with Crippen LogP contribution >= 0.6 is 0 Å². The van der Waals surface area contributed by atoms with Crippen molar-refractivity contribution in [2.75, 3.05) is 37.4 Å². The van der Waals surface area contributed by atoms with Crippen LogP contribution in [0, 0.1) is 11.3 Å². The van der Waals surface area contributed by atoms with Crippen molar-refractivity contribution in [1.82, 2.24) is 0 Å². The summed E-state index contributed by atoms with van der Waals surface area (Å²) < 4.78 is 10.8. The maximum atomic E-state index is 8.77. The lowest BCUT2D eigenvalue weighted by molar-refractivity contribution is 0.205. The molecular formula is C15H23N3O2. The summed E-state index contributed by atoms with van der Waals surface area (Å²) >= 11 is 0. The molecule has 0 saturated heterocycles. The Kier molecular flexibility index (Phi) is 6.68. The minimum absolute atomic E-state index is 0.0686. The Morgan fingerprint density at radius 2 is 2.10 bits per heavy atom. The number of nitrogens with two attached hydrogens (primary N) is 1. The summed E-state index contributed by atoms with van der Waals surface area (Å²) in [7, 11) is 1.66. The zero-order chi connectivity index (χ0) is 15.0. The maximum Gasteiger partial charge on any atom is 0.144 e. The average molecular weight is 277 g/mol. The number of hydrogen-bond donors (Lipinski definition) is 1. The predicted molar refractivity (Wildman–Crippen MR) is 80.9 cm³/mol. The number of para-hydroxylation sites is 1. The van der Waals surface area contributed by atoms with E-state index in [0.29, 0.717) is 37.6 Å². The zero-order valence-corrected chi connectivity index (χ0v) is 12.4. The van der Waals surface area contributed by atoms with Crippen LogP contribution in [0.4, 0.5) is 11.4 Å². The average Bonchev–Trinajstić information content (AvgIpc) is 2.41. The lowest BCUT2D eigenvalue weighted by Gasteiger charge is -2.26. The van der Waals surface area contributed by atoms with Crippen molar-refractivity contribution in [3.05, 3.63) is 18.2 Å². The van der Waals surface area contributed by atoms with Crippen LogP contribution < -0.4 is 15.4 Å². The Morgan fingerprint density at radius 3 is 2.70 bits per heavy atom. The second-order valence-corrected chi connectivity index (χ2v) is 4.74. The smallest absolute Gasteiger partial charge is 0.144 e. The molecular weight excluding hydrogens is 254 g/mol. The van der Waals surface area contributed by atoms with Crippen molar-refractivity contribution in [3.8, 4) is 11.8 Å². The summed E-state index contributed by atoms with van der Waals surface area (Å²) in [6.45, 7) is 5.82. The van der Waals surface area contributed by atoms with Crippen LogP contribution in [-0.2, 0) is 4.74 Å². The number of nitrogens with zero attached hydrogens (tertiary/aromatic N) is 2. The lowest BCUT2D eigenvalue weighted by atomic mass is 10.2. The molecule has 0 unspecified atom stereocenters. The minimum atomic E-state index is 0.0686. The van der Waals surface area contributed by atoms with E-state index < -0.39 is 0 Å². The van der Waals surface area contributed by atoms with Gasteiger partial charge in [-0.05, 0) is 26.0 Å². The van der Waals surface area contributed by atoms with Crippen LogP contribution in [0.25, 0.3) is 0 Å². The fourth-order valence-electron chi connectivity index (χ4n) is 1.90. The first-order valence-electron chi connectivity index (χ1n) is 6.76. The molecule has 1 aromatic rings. The van der Waals surface area contributed by atoms with Gasteiger partial charge in [-0.25, -0.2) is 0 Å². The Labute approximate surface area is 120 Å². The first-order chi connectivity index (χ1) is 9.60. The fraction of sp³-hybridized carbons (Fsp3) is 0.533. The van der Waals surface area contributed by atoms with Crippen LogP contribution in [0.1, 0.15) is 20.3 Å². The topological polar surface area (TPSA) is 71.5 Å². The number of ether oxygens (including phenoxy) is 2. The van der Waals surface area contributed by atoms with Crippen molar-refractivity contribution in [3.63, 3.8) is 0 Å². The Hall–Kier alpha value is -1.93. The molecule has 0 spiro atoms. The van der Waals surface area contributed by atoms with Crippen molar-refractivity contribution >= 4 is 11.4 Å². The molecule has 20 heavy (non-hydrogen) atoms. The number of methoxy groups -OCH3 is 1. The van der Waals surface area contributed by atoms with Gasteiger partial charge in [0.2, 0.25) is 0 Å². The third-order valence-electron chi connectivity index (χ3n) is 2.81. The molecule has 0 aliphatic rings. The first kappa shape index (κ1) is 16.1. The summed E-state index contributed by atoms with van der Waals surface area (Å²) in [5.74, 6) is 0.678. The van der Waals surface area contributed by atoms with Crippen molar-refractivity contribution in [1.29, 1.82) is 5.26 Å². The van der Waals surface area contributed by atoms with E-state index in [1.807, 2.05) is 32.0 Å². The van der Waals surface area contributed by atoms with Crippen molar-refractivity contribution in [2.24, 2.45) is 0 Å². The number of hydrogen-bond acceptors (Lipinski definition) is 5. The van der Waals surface area contributed by atoms with E-state index in [0.717, 1.165) is 5.69 Å².